The maximum absolute atomic E-state index is 11.3. The molecule has 0 amide bonds. The highest BCUT2D eigenvalue weighted by atomic mass is 16.6. The van der Waals surface area contributed by atoms with Crippen LogP contribution in [0.1, 0.15) is 24.0 Å². The number of fused-ring (bicyclic) bond motifs is 1. The number of nitro groups is 1. The zero-order valence-electron chi connectivity index (χ0n) is 13.3. The van der Waals surface area contributed by atoms with E-state index >= 15 is 0 Å². The van der Waals surface area contributed by atoms with Crippen molar-refractivity contribution in [2.45, 2.75) is 26.8 Å². The summed E-state index contributed by atoms with van der Waals surface area (Å²) in [5.74, 6) is 0.403. The molecule has 0 radical (unpaired) electrons. The number of nitrogens with one attached hydrogen (secondary N) is 1. The van der Waals surface area contributed by atoms with Crippen LogP contribution in [0.5, 0.6) is 0 Å². The number of pyridine rings is 1. The van der Waals surface area contributed by atoms with Gasteiger partial charge in [0.2, 0.25) is 5.82 Å². The molecule has 23 heavy (non-hydrogen) atoms. The minimum atomic E-state index is -0.387. The van der Waals surface area contributed by atoms with Gasteiger partial charge in [-0.1, -0.05) is 13.0 Å². The van der Waals surface area contributed by atoms with E-state index in [9.17, 15) is 10.1 Å². The number of rotatable bonds is 5. The second-order valence-corrected chi connectivity index (χ2v) is 5.36. The molecule has 0 aliphatic heterocycles. The van der Waals surface area contributed by atoms with E-state index in [1.807, 2.05) is 42.6 Å². The Morgan fingerprint density at radius 3 is 2.83 bits per heavy atom. The highest BCUT2D eigenvalue weighted by molar-refractivity contribution is 5.60. The van der Waals surface area contributed by atoms with E-state index in [-0.39, 0.29) is 10.6 Å². The molecule has 0 saturated heterocycles. The first-order valence-corrected chi connectivity index (χ1v) is 7.39. The lowest BCUT2D eigenvalue weighted by Crippen LogP contribution is -2.06. The van der Waals surface area contributed by atoms with Gasteiger partial charge in [0.1, 0.15) is 11.3 Å². The van der Waals surface area contributed by atoms with Crippen LogP contribution in [-0.2, 0) is 20.0 Å². The van der Waals surface area contributed by atoms with Gasteiger partial charge in [-0.25, -0.2) is 9.67 Å². The van der Waals surface area contributed by atoms with Crippen LogP contribution in [0.15, 0.2) is 24.4 Å². The summed E-state index contributed by atoms with van der Waals surface area (Å²) in [6.07, 6.45) is 2.44. The number of nitrogens with zero attached hydrogens (tertiary/aromatic N) is 5. The van der Waals surface area contributed by atoms with Gasteiger partial charge in [-0.05, 0) is 25.5 Å². The van der Waals surface area contributed by atoms with E-state index in [1.165, 1.54) is 4.68 Å². The monoisotopic (exact) mass is 314 g/mol. The zero-order chi connectivity index (χ0) is 16.6. The third kappa shape index (κ3) is 2.63. The third-order valence-electron chi connectivity index (χ3n) is 3.79. The molecule has 3 heterocycles. The summed E-state index contributed by atoms with van der Waals surface area (Å²) in [4.78, 5) is 15.4. The number of hydrogen-bond acceptors (Lipinski definition) is 5. The Morgan fingerprint density at radius 1 is 1.39 bits per heavy atom. The molecule has 3 rings (SSSR count). The number of anilines is 1. The molecule has 0 aliphatic carbocycles. The Labute approximate surface area is 132 Å². The lowest BCUT2D eigenvalue weighted by Gasteiger charge is -2.03. The maximum Gasteiger partial charge on any atom is 0.333 e. The molecule has 0 unspecified atom stereocenters. The molecule has 0 aromatic carbocycles. The normalized spacial score (nSPS) is 11.1. The van der Waals surface area contributed by atoms with E-state index in [0.29, 0.717) is 24.5 Å². The summed E-state index contributed by atoms with van der Waals surface area (Å²) in [6.45, 7) is 4.25. The highest BCUT2D eigenvalue weighted by Gasteiger charge is 2.25. The molecule has 120 valence electrons. The van der Waals surface area contributed by atoms with Crippen LogP contribution in [-0.4, -0.2) is 24.1 Å². The Balaban J connectivity index is 1.89. The van der Waals surface area contributed by atoms with Crippen molar-refractivity contribution in [3.05, 3.63) is 51.6 Å². The molecular formula is C15H18N6O2. The van der Waals surface area contributed by atoms with E-state index < -0.39 is 0 Å². The largest absolute Gasteiger partial charge is 0.359 e. The summed E-state index contributed by atoms with van der Waals surface area (Å²) in [5, 5.41) is 18.6. The summed E-state index contributed by atoms with van der Waals surface area (Å²) < 4.78 is 3.50. The molecule has 0 saturated carbocycles. The fourth-order valence-corrected chi connectivity index (χ4v) is 2.65. The average molecular weight is 314 g/mol. The van der Waals surface area contributed by atoms with Crippen molar-refractivity contribution < 1.29 is 4.92 Å². The molecule has 0 aliphatic rings. The van der Waals surface area contributed by atoms with Crippen LogP contribution in [0.2, 0.25) is 0 Å². The van der Waals surface area contributed by atoms with Gasteiger partial charge in [0.15, 0.2) is 0 Å². The van der Waals surface area contributed by atoms with Crippen molar-refractivity contribution in [3.63, 3.8) is 0 Å². The van der Waals surface area contributed by atoms with Crippen LogP contribution in [0, 0.1) is 17.0 Å². The molecule has 0 atom stereocenters. The first-order chi connectivity index (χ1) is 11.0. The van der Waals surface area contributed by atoms with Gasteiger partial charge in [-0.3, -0.25) is 10.1 Å². The summed E-state index contributed by atoms with van der Waals surface area (Å²) in [5.41, 5.74) is 3.27. The molecule has 3 aromatic rings. The Morgan fingerprint density at radius 2 is 2.17 bits per heavy atom. The summed E-state index contributed by atoms with van der Waals surface area (Å²) >= 11 is 0. The Hall–Kier alpha value is -2.90. The van der Waals surface area contributed by atoms with Crippen LogP contribution >= 0.6 is 0 Å². The predicted molar refractivity (Wildman–Crippen MR) is 86.5 cm³/mol. The van der Waals surface area contributed by atoms with Crippen LogP contribution in [0.4, 0.5) is 11.5 Å². The lowest BCUT2D eigenvalue weighted by molar-refractivity contribution is -0.384. The molecule has 8 nitrogen and oxygen atoms in total. The Bertz CT molecular complexity index is 880. The van der Waals surface area contributed by atoms with Crippen molar-refractivity contribution in [1.82, 2.24) is 19.2 Å². The van der Waals surface area contributed by atoms with Crippen molar-refractivity contribution in [2.24, 2.45) is 7.05 Å². The minimum absolute atomic E-state index is 0.0370. The topological polar surface area (TPSA) is 90.3 Å². The zero-order valence-corrected chi connectivity index (χ0v) is 13.3. The average Bonchev–Trinajstić information content (AvgIpc) is 3.06. The van der Waals surface area contributed by atoms with Gasteiger partial charge in [-0.15, -0.1) is 0 Å². The SMILES string of the molecule is CCc1nn(C)c(NCc2cn3c(C)cccc3n2)c1[N+](=O)[O-]. The summed E-state index contributed by atoms with van der Waals surface area (Å²) in [7, 11) is 1.70. The first kappa shape index (κ1) is 15.0. The first-order valence-electron chi connectivity index (χ1n) is 7.39. The van der Waals surface area contributed by atoms with Gasteiger partial charge in [-0.2, -0.15) is 5.10 Å². The number of aromatic nitrogens is 4. The minimum Gasteiger partial charge on any atom is -0.359 e. The van der Waals surface area contributed by atoms with Gasteiger partial charge in [0, 0.05) is 18.9 Å². The van der Waals surface area contributed by atoms with Crippen molar-refractivity contribution in [3.8, 4) is 0 Å². The molecule has 1 N–H and O–H groups in total. The molecule has 0 spiro atoms. The second-order valence-electron chi connectivity index (χ2n) is 5.36. The Kier molecular flexibility index (Phi) is 3.73. The third-order valence-corrected chi connectivity index (χ3v) is 3.79. The van der Waals surface area contributed by atoms with E-state index in [0.717, 1.165) is 17.0 Å². The molecule has 3 aromatic heterocycles. The predicted octanol–water partition coefficient (Wildman–Crippen LogP) is 2.46. The van der Waals surface area contributed by atoms with Crippen molar-refractivity contribution in [1.29, 1.82) is 0 Å². The quantitative estimate of drug-likeness (QED) is 0.577. The van der Waals surface area contributed by atoms with Gasteiger partial charge < -0.3 is 9.72 Å². The van der Waals surface area contributed by atoms with Crippen LogP contribution in [0.25, 0.3) is 5.65 Å². The van der Waals surface area contributed by atoms with Crippen LogP contribution < -0.4 is 5.32 Å². The van der Waals surface area contributed by atoms with E-state index in [2.05, 4.69) is 15.4 Å². The summed E-state index contributed by atoms with van der Waals surface area (Å²) in [6, 6.07) is 5.89. The fourth-order valence-electron chi connectivity index (χ4n) is 2.65. The lowest BCUT2D eigenvalue weighted by atomic mass is 10.3. The highest BCUT2D eigenvalue weighted by Crippen LogP contribution is 2.28. The number of hydrogen-bond donors (Lipinski definition) is 1. The molecule has 8 heteroatoms. The van der Waals surface area contributed by atoms with Gasteiger partial charge in [0.05, 0.1) is 17.2 Å². The molecule has 0 fully saturated rings. The number of imidazole rings is 1. The maximum atomic E-state index is 11.3. The fraction of sp³-hybridized carbons (Fsp3) is 0.333. The van der Waals surface area contributed by atoms with Gasteiger partial charge >= 0.3 is 5.69 Å². The molecular weight excluding hydrogens is 296 g/mol. The number of aryl methyl sites for hydroxylation is 3. The van der Waals surface area contributed by atoms with E-state index in [1.54, 1.807) is 7.05 Å². The second kappa shape index (κ2) is 5.71. The van der Waals surface area contributed by atoms with Crippen molar-refractivity contribution in [2.75, 3.05) is 5.32 Å². The van der Waals surface area contributed by atoms with E-state index in [4.69, 9.17) is 0 Å². The van der Waals surface area contributed by atoms with Gasteiger partial charge in [0.25, 0.3) is 0 Å². The van der Waals surface area contributed by atoms with Crippen LogP contribution in [0.3, 0.4) is 0 Å². The van der Waals surface area contributed by atoms with Crippen molar-refractivity contribution >= 4 is 17.2 Å². The standard InChI is InChI=1S/C15H18N6O2/c1-4-12-14(21(22)23)15(19(3)18-12)16-8-11-9-20-10(2)6-5-7-13(20)17-11/h5-7,9,16H,4,8H2,1-3H3. The smallest absolute Gasteiger partial charge is 0.333 e. The molecule has 0 bridgehead atoms.